The Morgan fingerprint density at radius 3 is 2.46 bits per heavy atom. The van der Waals surface area contributed by atoms with E-state index in [1.807, 2.05) is 0 Å². The van der Waals surface area contributed by atoms with Crippen LogP contribution in [0.1, 0.15) is 40.9 Å². The molecule has 2 N–H and O–H groups in total. The Hall–Kier alpha value is -2.83. The molecule has 2 unspecified atom stereocenters. The van der Waals surface area contributed by atoms with Crippen LogP contribution in [0, 0.1) is 11.6 Å². The highest BCUT2D eigenvalue weighted by atomic mass is 35.5. The summed E-state index contributed by atoms with van der Waals surface area (Å²) >= 11 is 6.60. The van der Waals surface area contributed by atoms with Crippen molar-refractivity contribution in [2.24, 2.45) is 0 Å². The number of anilines is 1. The van der Waals surface area contributed by atoms with Crippen LogP contribution in [0.5, 0.6) is 5.75 Å². The van der Waals surface area contributed by atoms with Crippen LogP contribution >= 0.6 is 22.9 Å². The van der Waals surface area contributed by atoms with Crippen molar-refractivity contribution in [2.45, 2.75) is 38.9 Å². The van der Waals surface area contributed by atoms with Gasteiger partial charge in [0.2, 0.25) is 0 Å². The zero-order chi connectivity index (χ0) is 26.1. The Labute approximate surface area is 204 Å². The Morgan fingerprint density at radius 1 is 1.23 bits per heavy atom. The molecule has 2 aromatic carbocycles. The summed E-state index contributed by atoms with van der Waals surface area (Å²) in [5, 5.41) is 11.5. The second-order valence-corrected chi connectivity index (χ2v) is 8.76. The first-order chi connectivity index (χ1) is 16.3. The fourth-order valence-electron chi connectivity index (χ4n) is 2.95. The molecule has 1 heterocycles. The van der Waals surface area contributed by atoms with Crippen LogP contribution in [-0.2, 0) is 6.67 Å². The number of nitrogens with zero attached hydrogens (tertiary/aromatic N) is 1. The summed E-state index contributed by atoms with van der Waals surface area (Å²) in [6, 6.07) is 4.91. The average Bonchev–Trinajstić information content (AvgIpc) is 3.21. The number of thiazole rings is 1. The Balaban J connectivity index is 2.12. The number of ether oxygens (including phenoxy) is 1. The molecule has 0 radical (unpaired) electrons. The van der Waals surface area contributed by atoms with E-state index in [-0.39, 0.29) is 26.2 Å². The van der Waals surface area contributed by atoms with Crippen molar-refractivity contribution in [3.8, 4) is 16.3 Å². The summed E-state index contributed by atoms with van der Waals surface area (Å²) < 4.78 is 86.9. The van der Waals surface area contributed by atoms with E-state index in [2.05, 4.69) is 10.3 Å². The number of aromatic nitrogens is 1. The van der Waals surface area contributed by atoms with Gasteiger partial charge in [-0.3, -0.25) is 4.79 Å². The molecule has 3 rings (SSSR count). The monoisotopic (exact) mass is 538 g/mol. The van der Waals surface area contributed by atoms with Gasteiger partial charge in [0, 0.05) is 5.56 Å². The maximum atomic E-state index is 15.0. The van der Waals surface area contributed by atoms with Crippen LogP contribution in [0.3, 0.4) is 0 Å². The molecule has 1 amide bonds. The number of halogens is 7. The van der Waals surface area contributed by atoms with Crippen molar-refractivity contribution in [3.63, 3.8) is 0 Å². The molecule has 35 heavy (non-hydrogen) atoms. The van der Waals surface area contributed by atoms with Gasteiger partial charge in [0.25, 0.3) is 5.91 Å². The lowest BCUT2D eigenvalue weighted by Crippen LogP contribution is -2.32. The first-order valence-electron chi connectivity index (χ1n) is 9.89. The molecule has 3 aromatic rings. The largest absolute Gasteiger partial charge is 0.480 e. The van der Waals surface area contributed by atoms with Gasteiger partial charge in [-0.05, 0) is 38.1 Å². The summed E-state index contributed by atoms with van der Waals surface area (Å²) in [6.07, 6.45) is -8.37. The van der Waals surface area contributed by atoms with E-state index >= 15 is 4.39 Å². The maximum Gasteiger partial charge on any atom is 0.425 e. The summed E-state index contributed by atoms with van der Waals surface area (Å²) in [5.74, 6) is -3.91. The highest BCUT2D eigenvalue weighted by molar-refractivity contribution is 7.15. The van der Waals surface area contributed by atoms with Crippen molar-refractivity contribution in [1.82, 2.24) is 4.98 Å². The second-order valence-electron chi connectivity index (χ2n) is 7.32. The molecular formula is C22H17ClF6N2O3S. The second kappa shape index (κ2) is 10.4. The van der Waals surface area contributed by atoms with Gasteiger partial charge in [-0.15, -0.1) is 11.3 Å². The van der Waals surface area contributed by atoms with Crippen LogP contribution in [-0.4, -0.2) is 28.3 Å². The zero-order valence-corrected chi connectivity index (χ0v) is 19.6. The Bertz CT molecular complexity index is 1230. The SMILES string of the molecule is CC(O)c1sc(-c2cc(OC(C)C(F)(F)F)c(C(=O)Nc3c(F)cccc3Cl)cc2F)nc1CF. The van der Waals surface area contributed by atoms with Gasteiger partial charge >= 0.3 is 6.18 Å². The quantitative estimate of drug-likeness (QED) is 0.323. The lowest BCUT2D eigenvalue weighted by molar-refractivity contribution is -0.189. The smallest absolute Gasteiger partial charge is 0.425 e. The fraction of sp³-hybridized carbons (Fsp3) is 0.273. The number of carbonyl (C=O) groups is 1. The highest BCUT2D eigenvalue weighted by Crippen LogP contribution is 2.38. The summed E-state index contributed by atoms with van der Waals surface area (Å²) in [7, 11) is 0. The molecule has 13 heteroatoms. The van der Waals surface area contributed by atoms with Crippen LogP contribution < -0.4 is 10.1 Å². The molecule has 0 fully saturated rings. The number of rotatable bonds is 7. The first kappa shape index (κ1) is 26.8. The third kappa shape index (κ3) is 5.88. The summed E-state index contributed by atoms with van der Waals surface area (Å²) in [5.41, 5.74) is -1.70. The minimum absolute atomic E-state index is 0.101. The van der Waals surface area contributed by atoms with E-state index in [1.165, 1.54) is 19.1 Å². The predicted octanol–water partition coefficient (Wildman–Crippen LogP) is 6.85. The minimum Gasteiger partial charge on any atom is -0.480 e. The van der Waals surface area contributed by atoms with Crippen molar-refractivity contribution in [3.05, 3.63) is 63.1 Å². The molecule has 0 saturated carbocycles. The van der Waals surface area contributed by atoms with Crippen molar-refractivity contribution in [1.29, 1.82) is 0 Å². The number of alkyl halides is 4. The van der Waals surface area contributed by atoms with Crippen molar-refractivity contribution >= 4 is 34.5 Å². The third-order valence-electron chi connectivity index (χ3n) is 4.74. The number of para-hydroxylation sites is 1. The van der Waals surface area contributed by atoms with Gasteiger partial charge in [0.1, 0.15) is 29.1 Å². The first-order valence-corrected chi connectivity index (χ1v) is 11.1. The number of amides is 1. The molecule has 0 aliphatic carbocycles. The number of nitrogens with one attached hydrogen (secondary N) is 1. The predicted molar refractivity (Wildman–Crippen MR) is 118 cm³/mol. The number of aliphatic hydroxyl groups excluding tert-OH is 1. The topological polar surface area (TPSA) is 71.5 Å². The zero-order valence-electron chi connectivity index (χ0n) is 18.0. The summed E-state index contributed by atoms with van der Waals surface area (Å²) in [6.45, 7) is 0.943. The van der Waals surface area contributed by atoms with Crippen LogP contribution in [0.15, 0.2) is 30.3 Å². The van der Waals surface area contributed by atoms with Gasteiger partial charge in [-0.2, -0.15) is 13.2 Å². The van der Waals surface area contributed by atoms with E-state index in [0.29, 0.717) is 13.0 Å². The van der Waals surface area contributed by atoms with E-state index < -0.39 is 59.6 Å². The van der Waals surface area contributed by atoms with Gasteiger partial charge in [0.15, 0.2) is 6.10 Å². The van der Waals surface area contributed by atoms with E-state index in [1.54, 1.807) is 0 Å². The molecule has 0 aliphatic rings. The van der Waals surface area contributed by atoms with Gasteiger partial charge in [0.05, 0.1) is 32.9 Å². The lowest BCUT2D eigenvalue weighted by atomic mass is 10.1. The van der Waals surface area contributed by atoms with Gasteiger partial charge in [-0.1, -0.05) is 17.7 Å². The lowest BCUT2D eigenvalue weighted by Gasteiger charge is -2.20. The molecule has 1 aromatic heterocycles. The fourth-order valence-corrected chi connectivity index (χ4v) is 4.18. The Kier molecular flexibility index (Phi) is 7.97. The van der Waals surface area contributed by atoms with Gasteiger partial charge < -0.3 is 15.2 Å². The number of hydrogen-bond donors (Lipinski definition) is 2. The molecule has 0 saturated heterocycles. The van der Waals surface area contributed by atoms with Gasteiger partial charge in [-0.25, -0.2) is 18.2 Å². The standard InChI is InChI=1S/C22H17ClF6N2O3S/c1-9(32)19-16(8-24)30-21(35-19)11-7-17(34-10(2)22(27,28)29)12(6-15(11)26)20(33)31-18-13(23)4-3-5-14(18)25/h3-7,9-10,32H,8H2,1-2H3,(H,31,33). The maximum absolute atomic E-state index is 15.0. The molecule has 0 bridgehead atoms. The van der Waals surface area contributed by atoms with Crippen LogP contribution in [0.25, 0.3) is 10.6 Å². The molecule has 0 spiro atoms. The highest BCUT2D eigenvalue weighted by Gasteiger charge is 2.39. The third-order valence-corrected chi connectivity index (χ3v) is 6.36. The average molecular weight is 539 g/mol. The minimum atomic E-state index is -4.83. The summed E-state index contributed by atoms with van der Waals surface area (Å²) in [4.78, 5) is 16.8. The van der Waals surface area contributed by atoms with E-state index in [0.717, 1.165) is 23.5 Å². The Morgan fingerprint density at radius 2 is 1.91 bits per heavy atom. The number of aliphatic hydroxyl groups is 1. The van der Waals surface area contributed by atoms with Crippen LogP contribution in [0.2, 0.25) is 5.02 Å². The van der Waals surface area contributed by atoms with Crippen LogP contribution in [0.4, 0.5) is 32.0 Å². The number of carbonyl (C=O) groups excluding carboxylic acids is 1. The van der Waals surface area contributed by atoms with Crippen molar-refractivity contribution in [2.75, 3.05) is 5.32 Å². The van der Waals surface area contributed by atoms with E-state index in [9.17, 15) is 31.9 Å². The molecule has 2 atom stereocenters. The molecule has 5 nitrogen and oxygen atoms in total. The normalized spacial score (nSPS) is 13.4. The van der Waals surface area contributed by atoms with Crippen molar-refractivity contribution < 1.29 is 41.0 Å². The number of benzene rings is 2. The van der Waals surface area contributed by atoms with E-state index in [4.69, 9.17) is 16.3 Å². The molecule has 0 aliphatic heterocycles. The molecular weight excluding hydrogens is 522 g/mol. The molecule has 188 valence electrons. The number of hydrogen-bond acceptors (Lipinski definition) is 5.